The number of aromatic nitrogens is 1. The van der Waals surface area contributed by atoms with Crippen molar-refractivity contribution in [1.29, 1.82) is 0 Å². The zero-order valence-electron chi connectivity index (χ0n) is 22.7. The molecule has 1 aromatic heterocycles. The highest BCUT2D eigenvalue weighted by Gasteiger charge is 2.43. The molecule has 0 aliphatic carbocycles. The number of amides is 4. The van der Waals surface area contributed by atoms with Crippen LogP contribution in [-0.4, -0.2) is 76.9 Å². The lowest BCUT2D eigenvalue weighted by Crippen LogP contribution is -2.70. The second-order valence-electron chi connectivity index (χ2n) is 11.0. The summed E-state index contributed by atoms with van der Waals surface area (Å²) in [6, 6.07) is -1.35. The normalized spacial score (nSPS) is 21.3. The number of thiazole rings is 1. The molecule has 15 heteroatoms. The van der Waals surface area contributed by atoms with Gasteiger partial charge >= 0.3 is 12.1 Å². The average Bonchev–Trinajstić information content (AvgIpc) is 3.41. The molecular weight excluding hydrogens is 532 g/mol. The van der Waals surface area contributed by atoms with Gasteiger partial charge in [0.2, 0.25) is 18.4 Å². The van der Waals surface area contributed by atoms with Crippen LogP contribution in [0, 0.1) is 5.92 Å². The molecule has 39 heavy (non-hydrogen) atoms. The highest BCUT2D eigenvalue weighted by atomic mass is 32.1. The first-order valence-electron chi connectivity index (χ1n) is 12.4. The number of nitrogens with one attached hydrogen (secondary N) is 4. The summed E-state index contributed by atoms with van der Waals surface area (Å²) < 4.78 is 10.4. The van der Waals surface area contributed by atoms with Crippen molar-refractivity contribution in [2.75, 3.05) is 18.5 Å². The monoisotopic (exact) mass is 566 g/mol. The van der Waals surface area contributed by atoms with Crippen molar-refractivity contribution in [3.63, 3.8) is 0 Å². The highest BCUT2D eigenvalue weighted by Crippen LogP contribution is 2.22. The van der Waals surface area contributed by atoms with Crippen molar-refractivity contribution in [3.8, 4) is 0 Å². The third-order valence-corrected chi connectivity index (χ3v) is 6.09. The van der Waals surface area contributed by atoms with Crippen molar-refractivity contribution >= 4 is 52.0 Å². The van der Waals surface area contributed by atoms with Gasteiger partial charge in [-0.2, -0.15) is 0 Å². The smallest absolute Gasteiger partial charge is 0.413 e. The Balaban J connectivity index is 1.73. The van der Waals surface area contributed by atoms with E-state index in [1.165, 1.54) is 5.38 Å². The standard InChI is InChI=1S/C24H34N6O8S/c1-23(2,3)37-15(31)10-36-30-17(14-11-39-21(27-14)29-22(35)38-24(4,5)6)20(34)28-16-13(26-19(16)33)9-12-7-8-25-18(12)32/h11-13,16H,7-10H2,1-6H3,(H,25,32)(H,26,33)(H,28,34)(H,27,29,35)/b30-17-/t12?,13-,16+/m1/s1. The summed E-state index contributed by atoms with van der Waals surface area (Å²) in [4.78, 5) is 70.8. The zero-order chi connectivity index (χ0) is 29.0. The third-order valence-electron chi connectivity index (χ3n) is 5.33. The molecule has 0 aromatic carbocycles. The van der Waals surface area contributed by atoms with E-state index in [0.717, 1.165) is 11.3 Å². The molecule has 4 amide bonds. The van der Waals surface area contributed by atoms with E-state index in [1.54, 1.807) is 41.5 Å². The molecule has 0 spiro atoms. The maximum Gasteiger partial charge on any atom is 0.413 e. The third kappa shape index (κ3) is 8.90. The second kappa shape index (κ2) is 12.0. The van der Waals surface area contributed by atoms with Gasteiger partial charge in [-0.25, -0.2) is 14.6 Å². The van der Waals surface area contributed by atoms with Gasteiger partial charge in [-0.05, 0) is 54.4 Å². The molecule has 2 saturated heterocycles. The number of esters is 1. The molecule has 4 N–H and O–H groups in total. The van der Waals surface area contributed by atoms with Crippen LogP contribution in [0.3, 0.4) is 0 Å². The van der Waals surface area contributed by atoms with E-state index in [-0.39, 0.29) is 28.4 Å². The van der Waals surface area contributed by atoms with Crippen LogP contribution in [0.1, 0.15) is 60.1 Å². The van der Waals surface area contributed by atoms with Crippen molar-refractivity contribution in [3.05, 3.63) is 11.1 Å². The fraction of sp³-hybridized carbons (Fsp3) is 0.625. The first-order valence-corrected chi connectivity index (χ1v) is 13.3. The first kappa shape index (κ1) is 29.8. The topological polar surface area (TPSA) is 186 Å². The van der Waals surface area contributed by atoms with Crippen molar-refractivity contribution in [2.45, 2.75) is 77.7 Å². The first-order chi connectivity index (χ1) is 18.1. The summed E-state index contributed by atoms with van der Waals surface area (Å²) in [6.07, 6.45) is 0.270. The van der Waals surface area contributed by atoms with Gasteiger partial charge in [0, 0.05) is 17.8 Å². The number of oxime groups is 1. The molecule has 14 nitrogen and oxygen atoms in total. The molecule has 2 fully saturated rings. The van der Waals surface area contributed by atoms with E-state index in [1.807, 2.05) is 0 Å². The molecule has 2 aliphatic heterocycles. The number of β-lactam (4-membered cyclic amide) rings is 1. The average molecular weight is 567 g/mol. The molecule has 2 aliphatic rings. The van der Waals surface area contributed by atoms with E-state index in [0.29, 0.717) is 19.4 Å². The van der Waals surface area contributed by atoms with Crippen LogP contribution >= 0.6 is 11.3 Å². The minimum absolute atomic E-state index is 0.0270. The molecule has 1 aromatic rings. The maximum absolute atomic E-state index is 13.2. The number of hydrogen-bond donors (Lipinski definition) is 4. The molecular formula is C24H34N6O8S. The quantitative estimate of drug-likeness (QED) is 0.147. The van der Waals surface area contributed by atoms with E-state index < -0.39 is 53.8 Å². The van der Waals surface area contributed by atoms with Gasteiger partial charge in [-0.15, -0.1) is 11.3 Å². The Morgan fingerprint density at radius 1 is 1.10 bits per heavy atom. The summed E-state index contributed by atoms with van der Waals surface area (Å²) in [6.45, 7) is 10.2. The van der Waals surface area contributed by atoms with Crippen LogP contribution in [0.4, 0.5) is 9.93 Å². The molecule has 3 heterocycles. The Morgan fingerprint density at radius 2 is 1.79 bits per heavy atom. The van der Waals surface area contributed by atoms with Crippen LogP contribution in [0.15, 0.2) is 10.5 Å². The fourth-order valence-corrected chi connectivity index (χ4v) is 4.43. The summed E-state index contributed by atoms with van der Waals surface area (Å²) in [5.41, 5.74) is -1.78. The highest BCUT2D eigenvalue weighted by molar-refractivity contribution is 7.14. The number of anilines is 1. The SMILES string of the molecule is CC(C)(C)OC(=O)CO/N=C(\C(=O)N[C@@H]1C(=O)N[C@@H]1CC1CCNC1=O)c1csc(NC(=O)OC(C)(C)C)n1. The van der Waals surface area contributed by atoms with Crippen LogP contribution in [0.5, 0.6) is 0 Å². The summed E-state index contributed by atoms with van der Waals surface area (Å²) >= 11 is 1.00. The van der Waals surface area contributed by atoms with Gasteiger partial charge in [-0.3, -0.25) is 19.7 Å². The fourth-order valence-electron chi connectivity index (χ4n) is 3.75. The van der Waals surface area contributed by atoms with Gasteiger partial charge < -0.3 is 30.3 Å². The van der Waals surface area contributed by atoms with Gasteiger partial charge in [0.25, 0.3) is 5.91 Å². The molecule has 0 saturated carbocycles. The molecule has 3 rings (SSSR count). The number of ether oxygens (including phenoxy) is 2. The summed E-state index contributed by atoms with van der Waals surface area (Å²) in [5, 5.41) is 15.9. The number of hydrogen-bond acceptors (Lipinski definition) is 11. The van der Waals surface area contributed by atoms with Gasteiger partial charge in [-0.1, -0.05) is 5.16 Å². The number of carbonyl (C=O) groups excluding carboxylic acids is 5. The van der Waals surface area contributed by atoms with Crippen molar-refractivity contribution in [2.24, 2.45) is 11.1 Å². The lowest BCUT2D eigenvalue weighted by molar-refractivity contribution is -0.160. The summed E-state index contributed by atoms with van der Waals surface area (Å²) in [7, 11) is 0. The number of nitrogens with zero attached hydrogens (tertiary/aromatic N) is 2. The van der Waals surface area contributed by atoms with Crippen molar-refractivity contribution < 1.29 is 38.3 Å². The molecule has 0 bridgehead atoms. The predicted octanol–water partition coefficient (Wildman–Crippen LogP) is 1.06. The van der Waals surface area contributed by atoms with E-state index in [2.05, 4.69) is 31.4 Å². The molecule has 1 unspecified atom stereocenters. The molecule has 0 radical (unpaired) electrons. The number of carbonyl (C=O) groups is 5. The van der Waals surface area contributed by atoms with E-state index >= 15 is 0 Å². The summed E-state index contributed by atoms with van der Waals surface area (Å²) in [5.74, 6) is -2.27. The van der Waals surface area contributed by atoms with Crippen molar-refractivity contribution in [1.82, 2.24) is 20.9 Å². The lowest BCUT2D eigenvalue weighted by atomic mass is 9.88. The molecule has 3 atom stereocenters. The minimum Gasteiger partial charge on any atom is -0.457 e. The van der Waals surface area contributed by atoms with Gasteiger partial charge in [0.15, 0.2) is 10.8 Å². The largest absolute Gasteiger partial charge is 0.457 e. The van der Waals surface area contributed by atoms with Crippen LogP contribution in [0.2, 0.25) is 0 Å². The molecule has 214 valence electrons. The minimum atomic E-state index is -0.903. The van der Waals surface area contributed by atoms with Crippen LogP contribution in [-0.2, 0) is 33.5 Å². The predicted molar refractivity (Wildman–Crippen MR) is 140 cm³/mol. The second-order valence-corrected chi connectivity index (χ2v) is 11.9. The Morgan fingerprint density at radius 3 is 2.38 bits per heavy atom. The Hall–Kier alpha value is -3.75. The Bertz CT molecular complexity index is 1150. The van der Waals surface area contributed by atoms with E-state index in [4.69, 9.17) is 14.3 Å². The maximum atomic E-state index is 13.2. The van der Waals surface area contributed by atoms with E-state index in [9.17, 15) is 24.0 Å². The Kier molecular flexibility index (Phi) is 9.14. The van der Waals surface area contributed by atoms with Gasteiger partial charge in [0.1, 0.15) is 22.9 Å². The zero-order valence-corrected chi connectivity index (χ0v) is 23.5. The van der Waals surface area contributed by atoms with Gasteiger partial charge in [0.05, 0.1) is 6.04 Å². The van der Waals surface area contributed by atoms with Crippen LogP contribution < -0.4 is 21.3 Å². The number of rotatable bonds is 9. The van der Waals surface area contributed by atoms with Crippen LogP contribution in [0.25, 0.3) is 0 Å². The lowest BCUT2D eigenvalue weighted by Gasteiger charge is -2.38. The Labute approximate surface area is 229 Å².